The van der Waals surface area contributed by atoms with E-state index in [0.29, 0.717) is 11.3 Å². The number of Topliss-reactive ketones (excluding diaryl/α,β-unsaturated/α-hetero) is 1. The summed E-state index contributed by atoms with van der Waals surface area (Å²) in [6, 6.07) is 9.81. The molecule has 0 aliphatic rings. The third-order valence-corrected chi connectivity index (χ3v) is 4.58. The molecule has 0 saturated heterocycles. The summed E-state index contributed by atoms with van der Waals surface area (Å²) >= 11 is 0.888. The summed E-state index contributed by atoms with van der Waals surface area (Å²) in [5, 5.41) is 3.23. The van der Waals surface area contributed by atoms with Crippen molar-refractivity contribution in [2.24, 2.45) is 0 Å². The van der Waals surface area contributed by atoms with Crippen molar-refractivity contribution in [1.29, 1.82) is 0 Å². The van der Waals surface area contributed by atoms with E-state index in [-0.39, 0.29) is 21.6 Å². The smallest absolute Gasteiger partial charge is 0.212 e. The number of benzene rings is 2. The van der Waals surface area contributed by atoms with Crippen LogP contribution in [-0.2, 0) is 0 Å². The first-order valence-electron chi connectivity index (χ1n) is 7.50. The van der Waals surface area contributed by atoms with Gasteiger partial charge in [-0.3, -0.25) is 9.59 Å². The van der Waals surface area contributed by atoms with E-state index in [9.17, 15) is 18.4 Å². The number of hydrogen-bond donors (Lipinski definition) is 2. The number of nitrogens with one attached hydrogen (secondary N) is 1. The molecule has 1 aromatic heterocycles. The van der Waals surface area contributed by atoms with Gasteiger partial charge in [-0.2, -0.15) is 0 Å². The average Bonchev–Trinajstić information content (AvgIpc) is 2.95. The Hall–Kier alpha value is -3.13. The van der Waals surface area contributed by atoms with E-state index < -0.39 is 23.0 Å². The lowest BCUT2D eigenvalue weighted by Crippen LogP contribution is -2.07. The molecule has 3 N–H and O–H groups in total. The van der Waals surface area contributed by atoms with Crippen molar-refractivity contribution in [1.82, 2.24) is 4.98 Å². The van der Waals surface area contributed by atoms with Gasteiger partial charge in [0, 0.05) is 11.3 Å². The number of halogens is 2. The molecule has 0 spiro atoms. The van der Waals surface area contributed by atoms with E-state index >= 15 is 0 Å². The number of carbonyl (C=O) groups is 2. The second-order valence-electron chi connectivity index (χ2n) is 5.42. The van der Waals surface area contributed by atoms with Crippen molar-refractivity contribution in [3.63, 3.8) is 0 Å². The molecule has 0 aliphatic heterocycles. The predicted octanol–water partition coefficient (Wildman–Crippen LogP) is 4.18. The number of thiazole rings is 1. The van der Waals surface area contributed by atoms with Crippen LogP contribution >= 0.6 is 11.3 Å². The molecule has 0 radical (unpaired) electrons. The monoisotopic (exact) mass is 373 g/mol. The number of ketones is 2. The number of nitrogens with zero attached hydrogens (tertiary/aromatic N) is 1. The van der Waals surface area contributed by atoms with Crippen LogP contribution in [0.2, 0.25) is 0 Å². The van der Waals surface area contributed by atoms with Crippen LogP contribution in [0.25, 0.3) is 0 Å². The van der Waals surface area contributed by atoms with Gasteiger partial charge in [-0.15, -0.1) is 0 Å². The molecule has 0 amide bonds. The third-order valence-electron chi connectivity index (χ3n) is 3.59. The Morgan fingerprint density at radius 3 is 2.27 bits per heavy atom. The number of carbonyl (C=O) groups excluding carboxylic acids is 2. The number of aromatic nitrogens is 1. The largest absolute Gasteiger partial charge is 0.382 e. The van der Waals surface area contributed by atoms with Crippen LogP contribution in [0.1, 0.15) is 32.5 Å². The average molecular weight is 373 g/mol. The summed E-state index contributed by atoms with van der Waals surface area (Å²) in [5.41, 5.74) is 6.26. The van der Waals surface area contributed by atoms with Gasteiger partial charge >= 0.3 is 0 Å². The molecule has 132 valence electrons. The fourth-order valence-corrected chi connectivity index (χ4v) is 3.14. The van der Waals surface area contributed by atoms with E-state index in [0.717, 1.165) is 23.5 Å². The highest BCUT2D eigenvalue weighted by molar-refractivity contribution is 7.18. The zero-order chi connectivity index (χ0) is 18.8. The Kier molecular flexibility index (Phi) is 4.77. The van der Waals surface area contributed by atoms with Gasteiger partial charge in [0.2, 0.25) is 5.78 Å². The topological polar surface area (TPSA) is 85.1 Å². The molecule has 3 aromatic rings. The van der Waals surface area contributed by atoms with Crippen LogP contribution < -0.4 is 11.1 Å². The summed E-state index contributed by atoms with van der Waals surface area (Å²) in [5.74, 6) is -2.97. The molecule has 1 heterocycles. The number of rotatable bonds is 5. The molecule has 2 aromatic carbocycles. The Morgan fingerprint density at radius 2 is 1.69 bits per heavy atom. The normalized spacial score (nSPS) is 10.6. The molecule has 0 aliphatic carbocycles. The zero-order valence-corrected chi connectivity index (χ0v) is 14.4. The molecule has 26 heavy (non-hydrogen) atoms. The van der Waals surface area contributed by atoms with Crippen molar-refractivity contribution in [3.8, 4) is 0 Å². The lowest BCUT2D eigenvalue weighted by atomic mass is 10.1. The standard InChI is InChI=1S/C18H13F2N3O2S/c1-9(24)10-5-7-11(8-6-10)22-18-23-17(21)16(26-18)15(25)14-12(19)3-2-4-13(14)20/h2-8H,21H2,1H3,(H,22,23). The summed E-state index contributed by atoms with van der Waals surface area (Å²) in [6.45, 7) is 1.46. The molecule has 0 bridgehead atoms. The van der Waals surface area contributed by atoms with Crippen molar-refractivity contribution >= 4 is 39.5 Å². The lowest BCUT2D eigenvalue weighted by molar-refractivity contribution is 0.101. The Bertz CT molecular complexity index is 980. The maximum absolute atomic E-state index is 13.8. The number of hydrogen-bond acceptors (Lipinski definition) is 6. The zero-order valence-electron chi connectivity index (χ0n) is 13.5. The summed E-state index contributed by atoms with van der Waals surface area (Å²) in [6.07, 6.45) is 0. The molecule has 0 unspecified atom stereocenters. The summed E-state index contributed by atoms with van der Waals surface area (Å²) in [4.78, 5) is 27.7. The van der Waals surface area contributed by atoms with Gasteiger partial charge in [0.05, 0.1) is 5.56 Å². The van der Waals surface area contributed by atoms with Gasteiger partial charge in [-0.25, -0.2) is 13.8 Å². The van der Waals surface area contributed by atoms with E-state index in [4.69, 9.17) is 5.73 Å². The molecule has 0 saturated carbocycles. The fraction of sp³-hybridized carbons (Fsp3) is 0.0556. The van der Waals surface area contributed by atoms with Gasteiger partial charge in [-0.05, 0) is 43.3 Å². The Balaban J connectivity index is 1.87. The van der Waals surface area contributed by atoms with Gasteiger partial charge in [-0.1, -0.05) is 17.4 Å². The second-order valence-corrected chi connectivity index (χ2v) is 6.42. The second kappa shape index (κ2) is 7.01. The maximum Gasteiger partial charge on any atom is 0.212 e. The minimum Gasteiger partial charge on any atom is -0.382 e. The predicted molar refractivity (Wildman–Crippen MR) is 96.0 cm³/mol. The Morgan fingerprint density at radius 1 is 1.08 bits per heavy atom. The van der Waals surface area contributed by atoms with Crippen molar-refractivity contribution in [2.45, 2.75) is 6.92 Å². The van der Waals surface area contributed by atoms with Crippen LogP contribution in [0.4, 0.5) is 25.4 Å². The van der Waals surface area contributed by atoms with Gasteiger partial charge < -0.3 is 11.1 Å². The highest BCUT2D eigenvalue weighted by Crippen LogP contribution is 2.31. The number of anilines is 3. The van der Waals surface area contributed by atoms with Crippen molar-refractivity contribution < 1.29 is 18.4 Å². The van der Waals surface area contributed by atoms with E-state index in [2.05, 4.69) is 10.3 Å². The SMILES string of the molecule is CC(=O)c1ccc(Nc2nc(N)c(C(=O)c3c(F)cccc3F)s2)cc1. The number of nitrogens with two attached hydrogens (primary N) is 1. The molecular weight excluding hydrogens is 360 g/mol. The summed E-state index contributed by atoms with van der Waals surface area (Å²) < 4.78 is 27.6. The van der Waals surface area contributed by atoms with Crippen LogP contribution in [0.3, 0.4) is 0 Å². The highest BCUT2D eigenvalue weighted by Gasteiger charge is 2.24. The van der Waals surface area contributed by atoms with Crippen molar-refractivity contribution in [3.05, 3.63) is 70.1 Å². The van der Waals surface area contributed by atoms with Crippen LogP contribution in [0.5, 0.6) is 0 Å². The minimum atomic E-state index is -0.961. The van der Waals surface area contributed by atoms with Gasteiger partial charge in [0.25, 0.3) is 0 Å². The Labute approximate surface area is 151 Å². The van der Waals surface area contributed by atoms with E-state index in [1.165, 1.54) is 13.0 Å². The minimum absolute atomic E-state index is 0.0585. The van der Waals surface area contributed by atoms with Crippen LogP contribution in [-0.4, -0.2) is 16.6 Å². The molecule has 5 nitrogen and oxygen atoms in total. The van der Waals surface area contributed by atoms with Gasteiger partial charge in [0.15, 0.2) is 10.9 Å². The quantitative estimate of drug-likeness (QED) is 0.656. The highest BCUT2D eigenvalue weighted by atomic mass is 32.1. The van der Waals surface area contributed by atoms with E-state index in [1.54, 1.807) is 24.3 Å². The number of nitrogen functional groups attached to an aromatic ring is 1. The van der Waals surface area contributed by atoms with Crippen LogP contribution in [0.15, 0.2) is 42.5 Å². The van der Waals surface area contributed by atoms with E-state index in [1.807, 2.05) is 0 Å². The third kappa shape index (κ3) is 3.45. The first-order valence-corrected chi connectivity index (χ1v) is 8.31. The van der Waals surface area contributed by atoms with Gasteiger partial charge in [0.1, 0.15) is 22.3 Å². The molecule has 0 atom stereocenters. The molecule has 8 heteroatoms. The maximum atomic E-state index is 13.8. The first kappa shape index (κ1) is 17.7. The molecular formula is C18H13F2N3O2S. The van der Waals surface area contributed by atoms with Crippen molar-refractivity contribution in [2.75, 3.05) is 11.1 Å². The summed E-state index contributed by atoms with van der Waals surface area (Å²) in [7, 11) is 0. The lowest BCUT2D eigenvalue weighted by Gasteiger charge is -2.03. The molecule has 0 fully saturated rings. The fourth-order valence-electron chi connectivity index (χ4n) is 2.29. The molecule has 3 rings (SSSR count). The van der Waals surface area contributed by atoms with Crippen LogP contribution in [0, 0.1) is 11.6 Å². The first-order chi connectivity index (χ1) is 12.4.